The van der Waals surface area contributed by atoms with Gasteiger partial charge in [-0.2, -0.15) is 0 Å². The van der Waals surface area contributed by atoms with Gasteiger partial charge in [-0.15, -0.1) is 0 Å². The van der Waals surface area contributed by atoms with E-state index in [0.29, 0.717) is 5.15 Å². The lowest BCUT2D eigenvalue weighted by molar-refractivity contribution is 0.218. The first-order valence-electron chi connectivity index (χ1n) is 3.80. The lowest BCUT2D eigenvalue weighted by Crippen LogP contribution is -2.22. The molecule has 0 radical (unpaired) electrons. The van der Waals surface area contributed by atoms with E-state index in [1.54, 1.807) is 6.20 Å². The third kappa shape index (κ3) is 1.76. The van der Waals surface area contributed by atoms with Crippen molar-refractivity contribution in [3.63, 3.8) is 0 Å². The summed E-state index contributed by atoms with van der Waals surface area (Å²) in [4.78, 5) is 3.95. The number of halogens is 1. The molecule has 1 rings (SSSR count). The highest BCUT2D eigenvalue weighted by atomic mass is 35.5. The molecule has 0 atom stereocenters. The number of hydrogen-bond acceptors (Lipinski definition) is 2. The van der Waals surface area contributed by atoms with Gasteiger partial charge in [0.05, 0.1) is 6.61 Å². The van der Waals surface area contributed by atoms with E-state index in [1.807, 2.05) is 26.0 Å². The molecule has 0 saturated carbocycles. The standard InChI is InChI=1S/C9H12ClNO/c1-9(2,6-12)7-4-3-5-11-8(7)10/h3-5,12H,6H2,1-2H3. The van der Waals surface area contributed by atoms with Gasteiger partial charge in [0.15, 0.2) is 0 Å². The first kappa shape index (κ1) is 9.49. The van der Waals surface area contributed by atoms with Crippen LogP contribution < -0.4 is 0 Å². The van der Waals surface area contributed by atoms with Crippen LogP contribution in [0.1, 0.15) is 19.4 Å². The normalized spacial score (nSPS) is 11.7. The maximum atomic E-state index is 9.09. The van der Waals surface area contributed by atoms with Gasteiger partial charge >= 0.3 is 0 Å². The molecule has 1 aromatic rings. The molecule has 0 aromatic carbocycles. The van der Waals surface area contributed by atoms with Crippen LogP contribution >= 0.6 is 11.6 Å². The quantitative estimate of drug-likeness (QED) is 0.716. The number of hydrogen-bond donors (Lipinski definition) is 1. The summed E-state index contributed by atoms with van der Waals surface area (Å²) in [5, 5.41) is 9.55. The van der Waals surface area contributed by atoms with Crippen molar-refractivity contribution < 1.29 is 5.11 Å². The minimum Gasteiger partial charge on any atom is -0.395 e. The lowest BCUT2D eigenvalue weighted by Gasteiger charge is -2.22. The van der Waals surface area contributed by atoms with Crippen molar-refractivity contribution in [3.05, 3.63) is 29.0 Å². The second-order valence-electron chi connectivity index (χ2n) is 3.38. The molecule has 1 heterocycles. The summed E-state index contributed by atoms with van der Waals surface area (Å²) < 4.78 is 0. The zero-order valence-corrected chi connectivity index (χ0v) is 7.97. The summed E-state index contributed by atoms with van der Waals surface area (Å²) in [5.74, 6) is 0. The van der Waals surface area contributed by atoms with E-state index in [9.17, 15) is 0 Å². The molecule has 0 saturated heterocycles. The van der Waals surface area contributed by atoms with Crippen molar-refractivity contribution in [1.82, 2.24) is 4.98 Å². The van der Waals surface area contributed by atoms with E-state index < -0.39 is 0 Å². The van der Waals surface area contributed by atoms with Gasteiger partial charge in [-0.3, -0.25) is 0 Å². The number of rotatable bonds is 2. The molecule has 0 aliphatic heterocycles. The van der Waals surface area contributed by atoms with Crippen LogP contribution in [0.25, 0.3) is 0 Å². The monoisotopic (exact) mass is 185 g/mol. The van der Waals surface area contributed by atoms with Gasteiger partial charge < -0.3 is 5.11 Å². The van der Waals surface area contributed by atoms with E-state index in [2.05, 4.69) is 4.98 Å². The molecule has 66 valence electrons. The Balaban J connectivity index is 3.10. The summed E-state index contributed by atoms with van der Waals surface area (Å²) >= 11 is 5.87. The van der Waals surface area contributed by atoms with Gasteiger partial charge in [0.25, 0.3) is 0 Å². The van der Waals surface area contributed by atoms with Crippen molar-refractivity contribution in [3.8, 4) is 0 Å². The topological polar surface area (TPSA) is 33.1 Å². The molecule has 1 N–H and O–H groups in total. The van der Waals surface area contributed by atoms with Crippen LogP contribution in [-0.2, 0) is 5.41 Å². The summed E-state index contributed by atoms with van der Waals surface area (Å²) in [7, 11) is 0. The molecule has 0 bridgehead atoms. The van der Waals surface area contributed by atoms with Gasteiger partial charge in [0, 0.05) is 11.6 Å². The number of pyridine rings is 1. The van der Waals surface area contributed by atoms with Gasteiger partial charge in [-0.1, -0.05) is 31.5 Å². The van der Waals surface area contributed by atoms with E-state index in [0.717, 1.165) is 5.56 Å². The Hall–Kier alpha value is -0.600. The molecule has 0 spiro atoms. The Kier molecular flexibility index (Phi) is 2.70. The average molecular weight is 186 g/mol. The Bertz CT molecular complexity index is 273. The number of aliphatic hydroxyl groups is 1. The second kappa shape index (κ2) is 3.42. The minimum atomic E-state index is -0.314. The first-order valence-corrected chi connectivity index (χ1v) is 4.17. The summed E-state index contributed by atoms with van der Waals surface area (Å²) in [5.41, 5.74) is 0.569. The zero-order chi connectivity index (χ0) is 9.19. The highest BCUT2D eigenvalue weighted by Gasteiger charge is 2.22. The van der Waals surface area contributed by atoms with Gasteiger partial charge in [0.2, 0.25) is 0 Å². The Morgan fingerprint density at radius 3 is 2.75 bits per heavy atom. The van der Waals surface area contributed by atoms with Crippen LogP contribution in [0.4, 0.5) is 0 Å². The van der Waals surface area contributed by atoms with Gasteiger partial charge in [0.1, 0.15) is 5.15 Å². The van der Waals surface area contributed by atoms with E-state index in [-0.39, 0.29) is 12.0 Å². The van der Waals surface area contributed by atoms with Crippen LogP contribution in [0.15, 0.2) is 18.3 Å². The summed E-state index contributed by atoms with van der Waals surface area (Å²) in [6, 6.07) is 3.70. The van der Waals surface area contributed by atoms with E-state index in [1.165, 1.54) is 0 Å². The van der Waals surface area contributed by atoms with Crippen molar-refractivity contribution in [2.75, 3.05) is 6.61 Å². The van der Waals surface area contributed by atoms with Crippen molar-refractivity contribution in [1.29, 1.82) is 0 Å². The van der Waals surface area contributed by atoms with Crippen molar-refractivity contribution in [2.24, 2.45) is 0 Å². The fourth-order valence-electron chi connectivity index (χ4n) is 0.976. The van der Waals surface area contributed by atoms with E-state index in [4.69, 9.17) is 16.7 Å². The Morgan fingerprint density at radius 1 is 1.58 bits per heavy atom. The SMILES string of the molecule is CC(C)(CO)c1cccnc1Cl. The lowest BCUT2D eigenvalue weighted by atomic mass is 9.87. The zero-order valence-electron chi connectivity index (χ0n) is 7.21. The van der Waals surface area contributed by atoms with Crippen molar-refractivity contribution >= 4 is 11.6 Å². The molecular weight excluding hydrogens is 174 g/mol. The highest BCUT2D eigenvalue weighted by molar-refractivity contribution is 6.30. The summed E-state index contributed by atoms with van der Waals surface area (Å²) in [6.45, 7) is 3.92. The number of nitrogens with zero attached hydrogens (tertiary/aromatic N) is 1. The molecule has 0 amide bonds. The van der Waals surface area contributed by atoms with Crippen LogP contribution in [0, 0.1) is 0 Å². The van der Waals surface area contributed by atoms with Gasteiger partial charge in [-0.25, -0.2) is 4.98 Å². The third-order valence-corrected chi connectivity index (χ3v) is 2.18. The Labute approximate surface area is 77.2 Å². The molecule has 2 nitrogen and oxygen atoms in total. The predicted molar refractivity (Wildman–Crippen MR) is 49.4 cm³/mol. The molecule has 1 aromatic heterocycles. The fraction of sp³-hybridized carbons (Fsp3) is 0.444. The molecule has 3 heteroatoms. The van der Waals surface area contributed by atoms with Gasteiger partial charge in [-0.05, 0) is 11.6 Å². The molecule has 0 aliphatic carbocycles. The third-order valence-electron chi connectivity index (χ3n) is 1.88. The second-order valence-corrected chi connectivity index (χ2v) is 3.74. The average Bonchev–Trinajstić information content (AvgIpc) is 2.05. The number of aromatic nitrogens is 1. The highest BCUT2D eigenvalue weighted by Crippen LogP contribution is 2.27. The molecular formula is C9H12ClNO. The maximum absolute atomic E-state index is 9.09. The molecule has 0 fully saturated rings. The molecule has 12 heavy (non-hydrogen) atoms. The van der Waals surface area contributed by atoms with Crippen LogP contribution in [0.2, 0.25) is 5.15 Å². The van der Waals surface area contributed by atoms with Crippen LogP contribution in [-0.4, -0.2) is 16.7 Å². The smallest absolute Gasteiger partial charge is 0.132 e. The maximum Gasteiger partial charge on any atom is 0.132 e. The fourth-order valence-corrected chi connectivity index (χ4v) is 1.35. The van der Waals surface area contributed by atoms with Crippen LogP contribution in [0.5, 0.6) is 0 Å². The molecule has 0 aliphatic rings. The van der Waals surface area contributed by atoms with Crippen LogP contribution in [0.3, 0.4) is 0 Å². The number of aliphatic hydroxyl groups excluding tert-OH is 1. The first-order chi connectivity index (χ1) is 5.58. The molecule has 0 unspecified atom stereocenters. The predicted octanol–water partition coefficient (Wildman–Crippen LogP) is 2.00. The largest absolute Gasteiger partial charge is 0.395 e. The van der Waals surface area contributed by atoms with Crippen molar-refractivity contribution in [2.45, 2.75) is 19.3 Å². The minimum absolute atomic E-state index is 0.0679. The Morgan fingerprint density at radius 2 is 2.25 bits per heavy atom. The van der Waals surface area contributed by atoms with E-state index >= 15 is 0 Å². The summed E-state index contributed by atoms with van der Waals surface area (Å²) in [6.07, 6.45) is 1.64.